The average molecular weight is 349 g/mol. The first-order valence-corrected chi connectivity index (χ1v) is 8.98. The van der Waals surface area contributed by atoms with Crippen molar-refractivity contribution in [3.05, 3.63) is 75.8 Å². The Labute approximate surface area is 152 Å². The van der Waals surface area contributed by atoms with Gasteiger partial charge in [0.15, 0.2) is 0 Å². The summed E-state index contributed by atoms with van der Waals surface area (Å²) in [5.41, 5.74) is 3.81. The molecule has 134 valence electrons. The molecule has 0 saturated heterocycles. The Balaban J connectivity index is 1.57. The molecule has 0 bridgehead atoms. The van der Waals surface area contributed by atoms with E-state index in [9.17, 15) is 4.79 Å². The summed E-state index contributed by atoms with van der Waals surface area (Å²) in [4.78, 5) is 19.5. The zero-order chi connectivity index (χ0) is 18.1. The largest absolute Gasteiger partial charge is 0.497 e. The summed E-state index contributed by atoms with van der Waals surface area (Å²) >= 11 is 0. The van der Waals surface area contributed by atoms with E-state index in [2.05, 4.69) is 17.0 Å². The third-order valence-corrected chi connectivity index (χ3v) is 4.83. The molecular formula is C21H23N3O2. The smallest absolute Gasteiger partial charge is 0.258 e. The second-order valence-corrected chi connectivity index (χ2v) is 7.00. The number of methoxy groups -OCH3 is 1. The Morgan fingerprint density at radius 3 is 2.62 bits per heavy atom. The second-order valence-electron chi connectivity index (χ2n) is 7.00. The summed E-state index contributed by atoms with van der Waals surface area (Å²) in [5.74, 6) is 0.867. The number of hydrogen-bond acceptors (Lipinski definition) is 4. The number of nitrogens with zero attached hydrogens (tertiary/aromatic N) is 3. The molecule has 2 heterocycles. The van der Waals surface area contributed by atoms with Crippen LogP contribution >= 0.6 is 0 Å². The first-order chi connectivity index (χ1) is 12.6. The van der Waals surface area contributed by atoms with Crippen LogP contribution in [0.25, 0.3) is 5.65 Å². The molecule has 0 N–H and O–H groups in total. The zero-order valence-corrected chi connectivity index (χ0v) is 15.2. The zero-order valence-electron chi connectivity index (χ0n) is 15.2. The number of ether oxygens (including phenoxy) is 1. The normalized spacial score (nSPS) is 14.1. The quantitative estimate of drug-likeness (QED) is 0.686. The van der Waals surface area contributed by atoms with Gasteiger partial charge in [0.25, 0.3) is 5.56 Å². The number of aromatic nitrogens is 2. The molecule has 4 rings (SSSR count). The van der Waals surface area contributed by atoms with Crippen LogP contribution in [-0.4, -0.2) is 27.4 Å². The molecule has 1 aromatic carbocycles. The molecule has 26 heavy (non-hydrogen) atoms. The molecule has 1 fully saturated rings. The van der Waals surface area contributed by atoms with Crippen molar-refractivity contribution in [3.8, 4) is 5.75 Å². The highest BCUT2D eigenvalue weighted by Crippen LogP contribution is 2.29. The van der Waals surface area contributed by atoms with Crippen LogP contribution in [0.4, 0.5) is 0 Å². The molecule has 0 amide bonds. The number of benzene rings is 1. The van der Waals surface area contributed by atoms with Gasteiger partial charge in [-0.25, -0.2) is 4.98 Å². The van der Waals surface area contributed by atoms with Crippen molar-refractivity contribution in [1.29, 1.82) is 0 Å². The highest BCUT2D eigenvalue weighted by molar-refractivity contribution is 5.40. The Bertz CT molecular complexity index is 975. The van der Waals surface area contributed by atoms with Gasteiger partial charge in [0.2, 0.25) is 0 Å². The lowest BCUT2D eigenvalue weighted by molar-refractivity contribution is 0.242. The van der Waals surface area contributed by atoms with Crippen LogP contribution in [0, 0.1) is 6.92 Å². The summed E-state index contributed by atoms with van der Waals surface area (Å²) in [6.45, 7) is 3.52. The first kappa shape index (κ1) is 16.8. The Morgan fingerprint density at radius 1 is 1.15 bits per heavy atom. The van der Waals surface area contributed by atoms with E-state index < -0.39 is 0 Å². The van der Waals surface area contributed by atoms with Crippen LogP contribution in [0.2, 0.25) is 0 Å². The predicted octanol–water partition coefficient (Wildman–Crippen LogP) is 3.18. The maximum absolute atomic E-state index is 12.4. The fourth-order valence-electron chi connectivity index (χ4n) is 3.27. The van der Waals surface area contributed by atoms with E-state index in [-0.39, 0.29) is 5.56 Å². The number of fused-ring (bicyclic) bond motifs is 1. The van der Waals surface area contributed by atoms with Gasteiger partial charge < -0.3 is 4.74 Å². The van der Waals surface area contributed by atoms with Gasteiger partial charge in [-0.1, -0.05) is 18.2 Å². The van der Waals surface area contributed by atoms with Gasteiger partial charge in [-0.05, 0) is 49.1 Å². The fourth-order valence-corrected chi connectivity index (χ4v) is 3.27. The SMILES string of the molecule is COc1ccc(CN(Cc2cc(=O)n3cc(C)ccc3n2)C2CC2)cc1. The molecule has 0 atom stereocenters. The topological polar surface area (TPSA) is 46.8 Å². The van der Waals surface area contributed by atoms with Crippen molar-refractivity contribution in [3.63, 3.8) is 0 Å². The van der Waals surface area contributed by atoms with Crippen LogP contribution in [0.3, 0.4) is 0 Å². The second kappa shape index (κ2) is 6.92. The van der Waals surface area contributed by atoms with Crippen LogP contribution < -0.4 is 10.3 Å². The lowest BCUT2D eigenvalue weighted by Crippen LogP contribution is -2.27. The van der Waals surface area contributed by atoms with Crippen molar-refractivity contribution in [2.45, 2.75) is 38.9 Å². The fraction of sp³-hybridized carbons (Fsp3) is 0.333. The number of aryl methyl sites for hydroxylation is 1. The van der Waals surface area contributed by atoms with E-state index in [1.54, 1.807) is 17.6 Å². The van der Waals surface area contributed by atoms with E-state index >= 15 is 0 Å². The van der Waals surface area contributed by atoms with E-state index in [1.165, 1.54) is 18.4 Å². The maximum atomic E-state index is 12.4. The van der Waals surface area contributed by atoms with E-state index in [4.69, 9.17) is 9.72 Å². The number of hydrogen-bond donors (Lipinski definition) is 0. The van der Waals surface area contributed by atoms with Gasteiger partial charge in [0, 0.05) is 31.4 Å². The lowest BCUT2D eigenvalue weighted by atomic mass is 10.2. The van der Waals surface area contributed by atoms with Gasteiger partial charge in [0.05, 0.1) is 12.8 Å². The Hall–Kier alpha value is -2.66. The van der Waals surface area contributed by atoms with Crippen LogP contribution in [0.5, 0.6) is 5.75 Å². The molecule has 0 aliphatic heterocycles. The molecule has 5 nitrogen and oxygen atoms in total. The molecule has 0 radical (unpaired) electrons. The minimum absolute atomic E-state index is 0.0195. The molecule has 3 aromatic rings. The van der Waals surface area contributed by atoms with E-state index in [1.807, 2.05) is 37.4 Å². The Kier molecular flexibility index (Phi) is 4.47. The minimum atomic E-state index is -0.0195. The summed E-state index contributed by atoms with van der Waals surface area (Å²) in [5, 5.41) is 0. The van der Waals surface area contributed by atoms with Crippen molar-refractivity contribution in [1.82, 2.24) is 14.3 Å². The maximum Gasteiger partial charge on any atom is 0.258 e. The van der Waals surface area contributed by atoms with Crippen LogP contribution in [0.15, 0.2) is 53.5 Å². The third-order valence-electron chi connectivity index (χ3n) is 4.83. The summed E-state index contributed by atoms with van der Waals surface area (Å²) in [6, 6.07) is 14.3. The first-order valence-electron chi connectivity index (χ1n) is 8.98. The monoisotopic (exact) mass is 349 g/mol. The van der Waals surface area contributed by atoms with Gasteiger partial charge >= 0.3 is 0 Å². The number of pyridine rings is 1. The predicted molar refractivity (Wildman–Crippen MR) is 101 cm³/mol. The molecule has 0 unspecified atom stereocenters. The molecule has 1 aliphatic carbocycles. The third kappa shape index (κ3) is 3.63. The van der Waals surface area contributed by atoms with Crippen molar-refractivity contribution in [2.24, 2.45) is 0 Å². The summed E-state index contributed by atoms with van der Waals surface area (Å²) in [7, 11) is 1.68. The van der Waals surface area contributed by atoms with Gasteiger partial charge in [-0.2, -0.15) is 0 Å². The highest BCUT2D eigenvalue weighted by Gasteiger charge is 2.29. The highest BCUT2D eigenvalue weighted by atomic mass is 16.5. The molecule has 0 spiro atoms. The molecule has 2 aromatic heterocycles. The van der Waals surface area contributed by atoms with E-state index in [0.717, 1.165) is 23.6 Å². The summed E-state index contributed by atoms with van der Waals surface area (Å²) in [6.07, 6.45) is 4.26. The standard InChI is InChI=1S/C21H23N3O2/c1-15-3-10-20-22-17(11-21(25)24(20)12-15)14-23(18-6-7-18)13-16-4-8-19(26-2)9-5-16/h3-5,8-12,18H,6-7,13-14H2,1-2H3. The molecule has 5 heteroatoms. The molecular weight excluding hydrogens is 326 g/mol. The van der Waals surface area contributed by atoms with Crippen LogP contribution in [0.1, 0.15) is 29.7 Å². The minimum Gasteiger partial charge on any atom is -0.497 e. The van der Waals surface area contributed by atoms with Crippen LogP contribution in [-0.2, 0) is 13.1 Å². The van der Waals surface area contributed by atoms with Crippen molar-refractivity contribution >= 4 is 5.65 Å². The number of rotatable bonds is 6. The van der Waals surface area contributed by atoms with Gasteiger partial charge in [-0.15, -0.1) is 0 Å². The van der Waals surface area contributed by atoms with Gasteiger partial charge in [-0.3, -0.25) is 14.1 Å². The summed E-state index contributed by atoms with van der Waals surface area (Å²) < 4.78 is 6.85. The van der Waals surface area contributed by atoms with E-state index in [0.29, 0.717) is 18.2 Å². The lowest BCUT2D eigenvalue weighted by Gasteiger charge is -2.22. The Morgan fingerprint density at radius 2 is 1.92 bits per heavy atom. The molecule has 1 saturated carbocycles. The van der Waals surface area contributed by atoms with Crippen molar-refractivity contribution in [2.75, 3.05) is 7.11 Å². The average Bonchev–Trinajstić information content (AvgIpc) is 3.48. The van der Waals surface area contributed by atoms with Gasteiger partial charge in [0.1, 0.15) is 11.4 Å². The molecule has 1 aliphatic rings. The van der Waals surface area contributed by atoms with Crippen molar-refractivity contribution < 1.29 is 4.74 Å².